The fourth-order valence-corrected chi connectivity index (χ4v) is 7.87. The van der Waals surface area contributed by atoms with Crippen LogP contribution in [0.4, 0.5) is 23.3 Å². The molecule has 54 heavy (non-hydrogen) atoms. The van der Waals surface area contributed by atoms with Crippen LogP contribution in [0.3, 0.4) is 0 Å². The van der Waals surface area contributed by atoms with Crippen molar-refractivity contribution in [1.29, 1.82) is 0 Å². The van der Waals surface area contributed by atoms with E-state index in [0.29, 0.717) is 16.9 Å². The smallest absolute Gasteiger partial charge is 0.342 e. The van der Waals surface area contributed by atoms with Crippen LogP contribution < -0.4 is 27.0 Å². The second-order valence-corrected chi connectivity index (χ2v) is 15.0. The van der Waals surface area contributed by atoms with Gasteiger partial charge in [0.25, 0.3) is 0 Å². The molecule has 0 amide bonds. The van der Waals surface area contributed by atoms with Gasteiger partial charge in [-0.3, -0.25) is 9.56 Å². The molecule has 1 heterocycles. The highest BCUT2D eigenvalue weighted by Crippen LogP contribution is 2.53. The predicted molar refractivity (Wildman–Crippen MR) is 202 cm³/mol. The number of nitrogens with zero attached hydrogens (tertiary/aromatic N) is 3. The fourth-order valence-electron chi connectivity index (χ4n) is 6.10. The minimum absolute atomic E-state index is 0.0137. The molecule has 2 aliphatic carbocycles. The standard InChI is InChI=1S/C36H49N8O9P/c1-5-51-33(46)27(22-13-9-7-10-14-22)43-54(49,44-28(34(47)52-6-2)23-15-11-8-12-16-23)53-20-26(50-4)30(45)36(48)21(3)25(36)19-39-29-31(37)41-35(38)42-32(29)40-24-17-18-24/h7-16,19,21,24-28,30,45,48H,5-6,17-18,20H2,1-4H3,(H2,43,44,49)(H5,37,38,40,41,42). The fraction of sp³-hybridized carbons (Fsp3) is 0.472. The lowest BCUT2D eigenvalue weighted by Gasteiger charge is -2.31. The topological polar surface area (TPSA) is 255 Å². The number of nitrogens with two attached hydrogens (primary N) is 2. The lowest BCUT2D eigenvalue weighted by Crippen LogP contribution is -2.46. The summed E-state index contributed by atoms with van der Waals surface area (Å²) in [5, 5.41) is 32.1. The molecule has 0 spiro atoms. The summed E-state index contributed by atoms with van der Waals surface area (Å²) in [6.45, 7) is 4.49. The molecule has 18 heteroatoms. The van der Waals surface area contributed by atoms with Crippen molar-refractivity contribution in [1.82, 2.24) is 20.1 Å². The summed E-state index contributed by atoms with van der Waals surface area (Å²) in [6, 6.07) is 14.4. The van der Waals surface area contributed by atoms with E-state index in [1.807, 2.05) is 0 Å². The minimum atomic E-state index is -4.51. The van der Waals surface area contributed by atoms with E-state index in [4.69, 9.17) is 30.2 Å². The number of nitrogens with one attached hydrogen (secondary N) is 3. The van der Waals surface area contributed by atoms with E-state index in [1.54, 1.807) is 81.4 Å². The van der Waals surface area contributed by atoms with E-state index in [-0.39, 0.29) is 36.7 Å². The van der Waals surface area contributed by atoms with Gasteiger partial charge in [-0.1, -0.05) is 67.6 Å². The zero-order valence-corrected chi connectivity index (χ0v) is 31.5. The SMILES string of the molecule is CCOC(=O)C(NP(=O)(NC(C(=O)OCC)c1ccccc1)OCC(OC)C(O)C1(O)C(C)C1C=Nc1c(N)nc(N)nc1NC1CC1)c1ccccc1. The maximum absolute atomic E-state index is 14.9. The Bertz CT molecular complexity index is 1750. The molecule has 3 aromatic rings. The third-order valence-electron chi connectivity index (χ3n) is 9.36. The number of ether oxygens (including phenoxy) is 3. The molecule has 2 aromatic carbocycles. The number of methoxy groups -OCH3 is 1. The number of nitrogen functional groups attached to an aromatic ring is 2. The Morgan fingerprint density at radius 2 is 1.52 bits per heavy atom. The summed E-state index contributed by atoms with van der Waals surface area (Å²) in [5.41, 5.74) is 11.2. The molecule has 0 radical (unpaired) electrons. The number of hydrogen-bond acceptors (Lipinski definition) is 15. The molecule has 7 atom stereocenters. The van der Waals surface area contributed by atoms with E-state index < -0.39 is 67.9 Å². The van der Waals surface area contributed by atoms with Crippen LogP contribution in [0, 0.1) is 11.8 Å². The van der Waals surface area contributed by atoms with Gasteiger partial charge in [0.2, 0.25) is 5.95 Å². The second kappa shape index (κ2) is 17.8. The number of aliphatic hydroxyl groups excluding tert-OH is 1. The summed E-state index contributed by atoms with van der Waals surface area (Å²) in [6.07, 6.45) is 0.536. The van der Waals surface area contributed by atoms with Crippen LogP contribution >= 0.6 is 7.67 Å². The van der Waals surface area contributed by atoms with E-state index in [1.165, 1.54) is 13.3 Å². The first-order chi connectivity index (χ1) is 25.8. The summed E-state index contributed by atoms with van der Waals surface area (Å²) in [4.78, 5) is 39.3. The van der Waals surface area contributed by atoms with Gasteiger partial charge in [-0.25, -0.2) is 19.8 Å². The van der Waals surface area contributed by atoms with Crippen molar-refractivity contribution in [2.75, 3.05) is 43.7 Å². The quantitative estimate of drug-likeness (QED) is 0.0495. The number of aliphatic hydroxyl groups is 2. The molecule has 0 aliphatic heterocycles. The van der Waals surface area contributed by atoms with Gasteiger partial charge in [0.1, 0.15) is 35.6 Å². The van der Waals surface area contributed by atoms with Crippen LogP contribution in [-0.4, -0.2) is 89.1 Å². The lowest BCUT2D eigenvalue weighted by molar-refractivity contribution is -0.145. The van der Waals surface area contributed by atoms with Crippen molar-refractivity contribution >= 4 is 49.1 Å². The van der Waals surface area contributed by atoms with E-state index in [9.17, 15) is 24.4 Å². The molecular formula is C36H49N8O9P. The molecule has 2 aliphatic rings. The average molecular weight is 769 g/mol. The van der Waals surface area contributed by atoms with Crippen LogP contribution in [0.2, 0.25) is 0 Å². The summed E-state index contributed by atoms with van der Waals surface area (Å²) in [5.74, 6) is -2.29. The monoisotopic (exact) mass is 768 g/mol. The molecule has 17 nitrogen and oxygen atoms in total. The summed E-state index contributed by atoms with van der Waals surface area (Å²) in [7, 11) is -3.21. The Morgan fingerprint density at radius 3 is 2.00 bits per heavy atom. The second-order valence-electron chi connectivity index (χ2n) is 13.1. The van der Waals surface area contributed by atoms with Gasteiger partial charge < -0.3 is 45.7 Å². The number of hydrogen-bond donors (Lipinski definition) is 7. The highest BCUT2D eigenvalue weighted by molar-refractivity contribution is 7.54. The first-order valence-electron chi connectivity index (χ1n) is 17.7. The molecule has 2 saturated carbocycles. The zero-order chi connectivity index (χ0) is 39.0. The van der Waals surface area contributed by atoms with Gasteiger partial charge in [-0.15, -0.1) is 0 Å². The molecule has 7 unspecified atom stereocenters. The number of rotatable bonds is 20. The first kappa shape index (κ1) is 40.7. The molecule has 9 N–H and O–H groups in total. The molecule has 0 saturated heterocycles. The number of carbonyl (C=O) groups excluding carboxylic acids is 2. The summed E-state index contributed by atoms with van der Waals surface area (Å²) >= 11 is 0. The van der Waals surface area contributed by atoms with E-state index in [2.05, 4.69) is 30.5 Å². The number of esters is 2. The van der Waals surface area contributed by atoms with Crippen LogP contribution in [0.1, 0.15) is 56.8 Å². The van der Waals surface area contributed by atoms with Gasteiger partial charge >= 0.3 is 19.6 Å². The van der Waals surface area contributed by atoms with Gasteiger partial charge in [-0.05, 0) is 43.7 Å². The van der Waals surface area contributed by atoms with Crippen molar-refractivity contribution in [3.05, 3.63) is 71.8 Å². The molecular weight excluding hydrogens is 719 g/mol. The Labute approximate surface area is 313 Å². The van der Waals surface area contributed by atoms with E-state index in [0.717, 1.165) is 12.8 Å². The third kappa shape index (κ3) is 9.60. The number of aliphatic imine (C=N–C) groups is 1. The van der Waals surface area contributed by atoms with Gasteiger partial charge in [0.15, 0.2) is 11.6 Å². The first-order valence-corrected chi connectivity index (χ1v) is 19.4. The average Bonchev–Trinajstić information content (AvgIpc) is 4.07. The van der Waals surface area contributed by atoms with Gasteiger partial charge in [0.05, 0.1) is 19.8 Å². The van der Waals surface area contributed by atoms with Crippen LogP contribution in [-0.2, 0) is 32.9 Å². The molecule has 0 bridgehead atoms. The predicted octanol–water partition coefficient (Wildman–Crippen LogP) is 3.20. The zero-order valence-electron chi connectivity index (χ0n) is 30.6. The molecule has 5 rings (SSSR count). The van der Waals surface area contributed by atoms with Crippen molar-refractivity contribution in [3.63, 3.8) is 0 Å². The Hall–Kier alpha value is -4.48. The molecule has 2 fully saturated rings. The Balaban J connectivity index is 1.40. The largest absolute Gasteiger partial charge is 0.465 e. The van der Waals surface area contributed by atoms with E-state index >= 15 is 0 Å². The van der Waals surface area contributed by atoms with Crippen molar-refractivity contribution in [2.45, 2.75) is 69.5 Å². The Morgan fingerprint density at radius 1 is 0.981 bits per heavy atom. The number of carbonyl (C=O) groups is 2. The minimum Gasteiger partial charge on any atom is -0.465 e. The maximum atomic E-state index is 14.9. The van der Waals surface area contributed by atoms with Crippen molar-refractivity contribution in [3.8, 4) is 0 Å². The maximum Gasteiger partial charge on any atom is 0.342 e. The highest BCUT2D eigenvalue weighted by atomic mass is 31.2. The van der Waals surface area contributed by atoms with Crippen LogP contribution in [0.5, 0.6) is 0 Å². The third-order valence-corrected chi connectivity index (χ3v) is 11.1. The van der Waals surface area contributed by atoms with Crippen molar-refractivity contribution < 1.29 is 43.1 Å². The lowest BCUT2D eigenvalue weighted by atomic mass is 10.0. The molecule has 1 aromatic heterocycles. The Kier molecular flexibility index (Phi) is 13.4. The normalized spacial score (nSPS) is 22.8. The van der Waals surface area contributed by atoms with Gasteiger partial charge in [-0.2, -0.15) is 9.97 Å². The van der Waals surface area contributed by atoms with Crippen LogP contribution in [0.15, 0.2) is 65.7 Å². The van der Waals surface area contributed by atoms with Gasteiger partial charge in [0, 0.05) is 25.3 Å². The number of aromatic nitrogens is 2. The number of benzene rings is 2. The van der Waals surface area contributed by atoms with Crippen LogP contribution in [0.25, 0.3) is 0 Å². The number of anilines is 3. The van der Waals surface area contributed by atoms with Crippen molar-refractivity contribution in [2.24, 2.45) is 16.8 Å². The summed E-state index contributed by atoms with van der Waals surface area (Å²) < 4.78 is 37.1. The highest BCUT2D eigenvalue weighted by Gasteiger charge is 2.66. The molecule has 292 valence electrons.